The maximum Gasteiger partial charge on any atom is 0.127 e. The van der Waals surface area contributed by atoms with Gasteiger partial charge in [-0.2, -0.15) is 0 Å². The average Bonchev–Trinajstić information content (AvgIpc) is 2.74. The van der Waals surface area contributed by atoms with E-state index in [-0.39, 0.29) is 11.0 Å². The number of phenolic OH excluding ortho intramolecular Hbond substituents is 1. The van der Waals surface area contributed by atoms with Gasteiger partial charge in [-0.1, -0.05) is 91.9 Å². The Bertz CT molecular complexity index is 718. The first kappa shape index (κ1) is 26.1. The third-order valence-corrected chi connectivity index (χ3v) is 8.86. The predicted octanol–water partition coefficient (Wildman–Crippen LogP) is 8.98. The molecule has 0 saturated heterocycles. The van der Waals surface area contributed by atoms with Crippen LogP contribution in [0.3, 0.4) is 0 Å². The fraction of sp³-hybridized carbons (Fsp3) is 0.793. The van der Waals surface area contributed by atoms with E-state index in [2.05, 4.69) is 41.5 Å². The van der Waals surface area contributed by atoms with Crippen LogP contribution in [-0.2, 0) is 6.42 Å². The second-order valence-corrected chi connectivity index (χ2v) is 11.1. The van der Waals surface area contributed by atoms with Gasteiger partial charge in [-0.25, -0.2) is 0 Å². The molecule has 2 heteroatoms. The Morgan fingerprint density at radius 3 is 2.03 bits per heavy atom. The largest absolute Gasteiger partial charge is 0.507 e. The quantitative estimate of drug-likeness (QED) is 0.335. The number of fused-ring (bicyclic) bond motifs is 1. The van der Waals surface area contributed by atoms with Crippen molar-refractivity contribution in [3.63, 3.8) is 0 Å². The topological polar surface area (TPSA) is 29.5 Å². The van der Waals surface area contributed by atoms with Gasteiger partial charge in [0.1, 0.15) is 17.1 Å². The summed E-state index contributed by atoms with van der Waals surface area (Å²) >= 11 is 0. The minimum atomic E-state index is -0.181. The van der Waals surface area contributed by atoms with Crippen LogP contribution in [0.2, 0.25) is 0 Å². The van der Waals surface area contributed by atoms with Gasteiger partial charge in [0.05, 0.1) is 0 Å². The smallest absolute Gasteiger partial charge is 0.127 e. The number of unbranched alkanes of at least 4 members (excludes halogenated alkanes) is 8. The Morgan fingerprint density at radius 2 is 1.45 bits per heavy atom. The first-order chi connectivity index (χ1) is 14.6. The van der Waals surface area contributed by atoms with Gasteiger partial charge in [-0.15, -0.1) is 0 Å². The van der Waals surface area contributed by atoms with Crippen LogP contribution in [0.1, 0.15) is 128 Å². The molecule has 0 amide bonds. The summed E-state index contributed by atoms with van der Waals surface area (Å²) < 4.78 is 6.83. The van der Waals surface area contributed by atoms with E-state index in [1.54, 1.807) is 0 Å². The van der Waals surface area contributed by atoms with Crippen LogP contribution in [0.4, 0.5) is 0 Å². The number of aromatic hydroxyl groups is 1. The molecule has 0 aliphatic carbocycles. The standard InChI is InChI=1S/C29H50O2/c1-9-10-11-12-13-14-15-16-17-18-21(2)28(6,7)29(8)20-19-25-24(5)26(30)22(3)23(4)27(25)31-29/h21,30H,9-20H2,1-8H3. The van der Waals surface area contributed by atoms with Crippen molar-refractivity contribution in [2.24, 2.45) is 11.3 Å². The molecule has 0 fully saturated rings. The summed E-state index contributed by atoms with van der Waals surface area (Å²) in [5, 5.41) is 10.5. The van der Waals surface area contributed by atoms with Crippen molar-refractivity contribution in [2.45, 2.75) is 138 Å². The fourth-order valence-electron chi connectivity index (χ4n) is 5.34. The SMILES string of the molecule is CCCCCCCCCCCC(C)C(C)(C)C1(C)CCc2c(C)c(O)c(C)c(C)c2O1. The number of rotatable bonds is 12. The number of hydrogen-bond donors (Lipinski definition) is 1. The first-order valence-corrected chi connectivity index (χ1v) is 13.1. The lowest BCUT2D eigenvalue weighted by Crippen LogP contribution is -2.52. The monoisotopic (exact) mass is 430 g/mol. The second-order valence-electron chi connectivity index (χ2n) is 11.1. The molecular weight excluding hydrogens is 380 g/mol. The number of hydrogen-bond acceptors (Lipinski definition) is 2. The molecule has 2 nitrogen and oxygen atoms in total. The zero-order chi connectivity index (χ0) is 23.2. The molecule has 2 rings (SSSR count). The van der Waals surface area contributed by atoms with Gasteiger partial charge in [0.25, 0.3) is 0 Å². The van der Waals surface area contributed by atoms with Gasteiger partial charge in [0.2, 0.25) is 0 Å². The number of phenols is 1. The van der Waals surface area contributed by atoms with Crippen molar-refractivity contribution in [2.75, 3.05) is 0 Å². The second kappa shape index (κ2) is 11.1. The minimum Gasteiger partial charge on any atom is -0.507 e. The highest BCUT2D eigenvalue weighted by molar-refractivity contribution is 5.58. The van der Waals surface area contributed by atoms with Gasteiger partial charge >= 0.3 is 0 Å². The van der Waals surface area contributed by atoms with Crippen LogP contribution in [0.25, 0.3) is 0 Å². The first-order valence-electron chi connectivity index (χ1n) is 13.1. The summed E-state index contributed by atoms with van der Waals surface area (Å²) in [7, 11) is 0. The average molecular weight is 431 g/mol. The molecular formula is C29H50O2. The van der Waals surface area contributed by atoms with Gasteiger partial charge in [-0.3, -0.25) is 0 Å². The molecule has 1 N–H and O–H groups in total. The van der Waals surface area contributed by atoms with E-state index in [0.29, 0.717) is 11.7 Å². The third-order valence-electron chi connectivity index (χ3n) is 8.86. The van der Waals surface area contributed by atoms with Crippen LogP contribution >= 0.6 is 0 Å². The summed E-state index contributed by atoms with van der Waals surface area (Å²) in [4.78, 5) is 0. The highest BCUT2D eigenvalue weighted by atomic mass is 16.5. The van der Waals surface area contributed by atoms with E-state index in [0.717, 1.165) is 35.3 Å². The van der Waals surface area contributed by atoms with Gasteiger partial charge in [-0.05, 0) is 63.1 Å². The molecule has 0 spiro atoms. The molecule has 1 aliphatic rings. The normalized spacial score (nSPS) is 19.7. The highest BCUT2D eigenvalue weighted by Gasteiger charge is 2.48. The zero-order valence-corrected chi connectivity index (χ0v) is 21.9. The van der Waals surface area contributed by atoms with E-state index < -0.39 is 0 Å². The third kappa shape index (κ3) is 5.79. The molecule has 1 aliphatic heterocycles. The molecule has 2 unspecified atom stereocenters. The van der Waals surface area contributed by atoms with E-state index in [1.807, 2.05) is 13.8 Å². The fourth-order valence-corrected chi connectivity index (χ4v) is 5.34. The number of ether oxygens (including phenoxy) is 1. The van der Waals surface area contributed by atoms with E-state index >= 15 is 0 Å². The van der Waals surface area contributed by atoms with E-state index in [4.69, 9.17) is 4.74 Å². The van der Waals surface area contributed by atoms with Crippen molar-refractivity contribution in [3.8, 4) is 11.5 Å². The van der Waals surface area contributed by atoms with Crippen molar-refractivity contribution >= 4 is 0 Å². The van der Waals surface area contributed by atoms with E-state index in [9.17, 15) is 5.11 Å². The molecule has 0 aromatic heterocycles. The maximum atomic E-state index is 10.5. The molecule has 2 atom stereocenters. The van der Waals surface area contributed by atoms with Crippen LogP contribution in [0.15, 0.2) is 0 Å². The molecule has 31 heavy (non-hydrogen) atoms. The Morgan fingerprint density at radius 1 is 0.903 bits per heavy atom. The van der Waals surface area contributed by atoms with Crippen molar-refractivity contribution in [3.05, 3.63) is 22.3 Å². The molecule has 1 heterocycles. The van der Waals surface area contributed by atoms with Gasteiger partial charge in [0, 0.05) is 11.0 Å². The summed E-state index contributed by atoms with van der Waals surface area (Å²) in [5.74, 6) is 2.09. The highest BCUT2D eigenvalue weighted by Crippen LogP contribution is 2.51. The summed E-state index contributed by atoms with van der Waals surface area (Å²) in [6, 6.07) is 0. The Kier molecular flexibility index (Phi) is 9.34. The lowest BCUT2D eigenvalue weighted by atomic mass is 9.63. The molecule has 0 bridgehead atoms. The Balaban J connectivity index is 1.93. The summed E-state index contributed by atoms with van der Waals surface area (Å²) in [6.07, 6.45) is 15.8. The maximum absolute atomic E-state index is 10.5. The zero-order valence-electron chi connectivity index (χ0n) is 21.9. The molecule has 0 radical (unpaired) electrons. The van der Waals surface area contributed by atoms with Crippen LogP contribution < -0.4 is 4.74 Å². The predicted molar refractivity (Wildman–Crippen MR) is 134 cm³/mol. The molecule has 0 saturated carbocycles. The van der Waals surface area contributed by atoms with Crippen molar-refractivity contribution in [1.82, 2.24) is 0 Å². The Hall–Kier alpha value is -1.18. The molecule has 178 valence electrons. The lowest BCUT2D eigenvalue weighted by molar-refractivity contribution is -0.0743. The molecule has 1 aromatic rings. The van der Waals surface area contributed by atoms with Crippen LogP contribution in [-0.4, -0.2) is 10.7 Å². The van der Waals surface area contributed by atoms with Gasteiger partial charge in [0.15, 0.2) is 0 Å². The van der Waals surface area contributed by atoms with Gasteiger partial charge < -0.3 is 9.84 Å². The van der Waals surface area contributed by atoms with Crippen molar-refractivity contribution < 1.29 is 9.84 Å². The van der Waals surface area contributed by atoms with Crippen LogP contribution in [0, 0.1) is 32.1 Å². The summed E-state index contributed by atoms with van der Waals surface area (Å²) in [6.45, 7) is 18.0. The molecule has 1 aromatic carbocycles. The number of benzene rings is 1. The lowest BCUT2D eigenvalue weighted by Gasteiger charge is -2.51. The van der Waals surface area contributed by atoms with E-state index in [1.165, 1.54) is 69.8 Å². The minimum absolute atomic E-state index is 0.0942. The summed E-state index contributed by atoms with van der Waals surface area (Å²) in [5.41, 5.74) is 4.18. The van der Waals surface area contributed by atoms with Crippen molar-refractivity contribution in [1.29, 1.82) is 0 Å². The van der Waals surface area contributed by atoms with Crippen LogP contribution in [0.5, 0.6) is 11.5 Å². The Labute approximate surface area is 193 Å².